The van der Waals surface area contributed by atoms with E-state index in [4.69, 9.17) is 0 Å². The predicted molar refractivity (Wildman–Crippen MR) is 84.6 cm³/mol. The molecule has 2 heteroatoms. The Morgan fingerprint density at radius 3 is 2.11 bits per heavy atom. The maximum Gasteiger partial charge on any atom is 0.0473 e. The number of rotatable bonds is 7. The molecule has 0 heterocycles. The lowest BCUT2D eigenvalue weighted by Gasteiger charge is -2.37. The maximum atomic E-state index is 3.49. The first-order chi connectivity index (χ1) is 9.01. The van der Waals surface area contributed by atoms with Crippen LogP contribution in [-0.2, 0) is 0 Å². The van der Waals surface area contributed by atoms with E-state index < -0.39 is 0 Å². The third-order valence-electron chi connectivity index (χ3n) is 3.90. The van der Waals surface area contributed by atoms with Crippen LogP contribution in [0.1, 0.15) is 51.3 Å². The highest BCUT2D eigenvalue weighted by atomic mass is 15.2. The van der Waals surface area contributed by atoms with E-state index in [1.54, 1.807) is 0 Å². The smallest absolute Gasteiger partial charge is 0.0473 e. The molecule has 1 N–H and O–H groups in total. The van der Waals surface area contributed by atoms with Crippen molar-refractivity contribution in [2.75, 3.05) is 13.6 Å². The minimum Gasteiger partial charge on any atom is -0.312 e. The van der Waals surface area contributed by atoms with E-state index in [0.29, 0.717) is 18.1 Å². The van der Waals surface area contributed by atoms with Crippen molar-refractivity contribution in [3.63, 3.8) is 0 Å². The third-order valence-corrected chi connectivity index (χ3v) is 3.90. The van der Waals surface area contributed by atoms with E-state index in [1.807, 2.05) is 0 Å². The van der Waals surface area contributed by atoms with E-state index in [2.05, 4.69) is 76.1 Å². The first-order valence-electron chi connectivity index (χ1n) is 7.50. The van der Waals surface area contributed by atoms with Crippen LogP contribution in [0.3, 0.4) is 0 Å². The molecule has 0 saturated heterocycles. The van der Waals surface area contributed by atoms with Crippen molar-refractivity contribution in [3.05, 3.63) is 35.4 Å². The Bertz CT molecular complexity index is 356. The van der Waals surface area contributed by atoms with Gasteiger partial charge in [-0.05, 0) is 53.3 Å². The molecule has 0 aliphatic rings. The molecule has 1 rings (SSSR count). The van der Waals surface area contributed by atoms with Crippen LogP contribution in [0, 0.1) is 6.92 Å². The Morgan fingerprint density at radius 2 is 1.68 bits per heavy atom. The molecule has 0 spiro atoms. The number of hydrogen-bond donors (Lipinski definition) is 1. The van der Waals surface area contributed by atoms with Gasteiger partial charge in [-0.3, -0.25) is 4.90 Å². The quantitative estimate of drug-likeness (QED) is 0.805. The summed E-state index contributed by atoms with van der Waals surface area (Å²) in [5.41, 5.74) is 2.70. The van der Waals surface area contributed by atoms with Crippen LogP contribution >= 0.6 is 0 Å². The summed E-state index contributed by atoms with van der Waals surface area (Å²) in [6.45, 7) is 12.4. The van der Waals surface area contributed by atoms with Crippen molar-refractivity contribution in [2.24, 2.45) is 0 Å². The molecule has 0 radical (unpaired) electrons. The topological polar surface area (TPSA) is 15.3 Å². The number of nitrogens with zero attached hydrogens (tertiary/aromatic N) is 1. The first-order valence-corrected chi connectivity index (χ1v) is 7.50. The SMILES string of the molecule is CCCN(C(C)C)C(C)C(NC)c1ccc(C)cc1. The van der Waals surface area contributed by atoms with Crippen molar-refractivity contribution in [1.29, 1.82) is 0 Å². The Balaban J connectivity index is 2.91. The van der Waals surface area contributed by atoms with Crippen LogP contribution in [0.4, 0.5) is 0 Å². The number of likely N-dealkylation sites (N-methyl/N-ethyl adjacent to an activating group) is 1. The van der Waals surface area contributed by atoms with E-state index in [9.17, 15) is 0 Å². The number of hydrogen-bond acceptors (Lipinski definition) is 2. The summed E-state index contributed by atoms with van der Waals surface area (Å²) in [4.78, 5) is 2.58. The summed E-state index contributed by atoms with van der Waals surface area (Å²) in [6.07, 6.45) is 1.20. The van der Waals surface area contributed by atoms with Crippen molar-refractivity contribution in [2.45, 2.75) is 59.2 Å². The molecule has 1 aromatic rings. The zero-order valence-electron chi connectivity index (χ0n) is 13.4. The molecular weight excluding hydrogens is 232 g/mol. The maximum absolute atomic E-state index is 3.49. The predicted octanol–water partition coefficient (Wildman–Crippen LogP) is 3.76. The first kappa shape index (κ1) is 16.2. The van der Waals surface area contributed by atoms with Crippen LogP contribution in [0.25, 0.3) is 0 Å². The monoisotopic (exact) mass is 262 g/mol. The Hall–Kier alpha value is -0.860. The Labute approximate surface area is 119 Å². The van der Waals surface area contributed by atoms with Gasteiger partial charge in [0, 0.05) is 18.1 Å². The molecule has 0 aromatic heterocycles. The van der Waals surface area contributed by atoms with E-state index in [1.165, 1.54) is 17.5 Å². The molecule has 1 aromatic carbocycles. The summed E-state index contributed by atoms with van der Waals surface area (Å²) in [7, 11) is 2.06. The standard InChI is InChI=1S/C17H30N2/c1-7-12-19(13(2)3)15(5)17(18-6)16-10-8-14(4)9-11-16/h8-11,13,15,17-18H,7,12H2,1-6H3. The summed E-state index contributed by atoms with van der Waals surface area (Å²) in [5.74, 6) is 0. The van der Waals surface area contributed by atoms with Gasteiger partial charge in [0.1, 0.15) is 0 Å². The van der Waals surface area contributed by atoms with Crippen LogP contribution in [0.5, 0.6) is 0 Å². The van der Waals surface area contributed by atoms with Gasteiger partial charge in [0.2, 0.25) is 0 Å². The molecule has 0 bridgehead atoms. The molecular formula is C17H30N2. The van der Waals surface area contributed by atoms with Gasteiger partial charge in [0.05, 0.1) is 0 Å². The highest BCUT2D eigenvalue weighted by molar-refractivity contribution is 5.25. The highest BCUT2D eigenvalue weighted by Crippen LogP contribution is 2.23. The van der Waals surface area contributed by atoms with Gasteiger partial charge in [-0.25, -0.2) is 0 Å². The molecule has 0 fully saturated rings. The van der Waals surface area contributed by atoms with E-state index in [0.717, 1.165) is 6.54 Å². The lowest BCUT2D eigenvalue weighted by Crippen LogP contribution is -2.45. The van der Waals surface area contributed by atoms with Gasteiger partial charge in [-0.1, -0.05) is 36.8 Å². The molecule has 108 valence electrons. The zero-order valence-corrected chi connectivity index (χ0v) is 13.4. The summed E-state index contributed by atoms with van der Waals surface area (Å²) < 4.78 is 0. The van der Waals surface area contributed by atoms with Gasteiger partial charge < -0.3 is 5.32 Å². The average molecular weight is 262 g/mol. The van der Waals surface area contributed by atoms with Crippen molar-refractivity contribution in [1.82, 2.24) is 10.2 Å². The fraction of sp³-hybridized carbons (Fsp3) is 0.647. The van der Waals surface area contributed by atoms with Gasteiger partial charge >= 0.3 is 0 Å². The molecule has 0 aliphatic heterocycles. The number of benzene rings is 1. The zero-order chi connectivity index (χ0) is 14.4. The molecule has 0 amide bonds. The van der Waals surface area contributed by atoms with E-state index in [-0.39, 0.29) is 0 Å². The van der Waals surface area contributed by atoms with E-state index >= 15 is 0 Å². The normalized spacial score (nSPS) is 14.9. The van der Waals surface area contributed by atoms with Crippen LogP contribution < -0.4 is 5.32 Å². The molecule has 2 nitrogen and oxygen atoms in total. The van der Waals surface area contributed by atoms with Crippen LogP contribution in [0.2, 0.25) is 0 Å². The molecule has 2 atom stereocenters. The molecule has 19 heavy (non-hydrogen) atoms. The van der Waals surface area contributed by atoms with Gasteiger partial charge in [-0.15, -0.1) is 0 Å². The van der Waals surface area contributed by atoms with Crippen molar-refractivity contribution in [3.8, 4) is 0 Å². The number of aryl methyl sites for hydroxylation is 1. The average Bonchev–Trinajstić information content (AvgIpc) is 2.38. The van der Waals surface area contributed by atoms with Crippen LogP contribution in [-0.4, -0.2) is 30.6 Å². The van der Waals surface area contributed by atoms with Crippen LogP contribution in [0.15, 0.2) is 24.3 Å². The minimum atomic E-state index is 0.384. The lowest BCUT2D eigenvalue weighted by atomic mass is 9.97. The molecule has 2 unspecified atom stereocenters. The summed E-state index contributed by atoms with van der Waals surface area (Å²) >= 11 is 0. The summed E-state index contributed by atoms with van der Waals surface area (Å²) in [6, 6.07) is 10.4. The van der Waals surface area contributed by atoms with Crippen molar-refractivity contribution >= 4 is 0 Å². The fourth-order valence-corrected chi connectivity index (χ4v) is 2.84. The van der Waals surface area contributed by atoms with Gasteiger partial charge in [-0.2, -0.15) is 0 Å². The second kappa shape index (κ2) is 7.66. The lowest BCUT2D eigenvalue weighted by molar-refractivity contribution is 0.134. The second-order valence-electron chi connectivity index (χ2n) is 5.75. The number of nitrogens with one attached hydrogen (secondary N) is 1. The molecule has 0 saturated carbocycles. The fourth-order valence-electron chi connectivity index (χ4n) is 2.84. The van der Waals surface area contributed by atoms with Crippen molar-refractivity contribution < 1.29 is 0 Å². The Morgan fingerprint density at radius 1 is 1.11 bits per heavy atom. The largest absolute Gasteiger partial charge is 0.312 e. The Kier molecular flexibility index (Phi) is 6.53. The van der Waals surface area contributed by atoms with Gasteiger partial charge in [0.15, 0.2) is 0 Å². The minimum absolute atomic E-state index is 0.384. The second-order valence-corrected chi connectivity index (χ2v) is 5.75. The molecule has 0 aliphatic carbocycles. The third kappa shape index (κ3) is 4.32. The summed E-state index contributed by atoms with van der Waals surface area (Å²) in [5, 5.41) is 3.49. The highest BCUT2D eigenvalue weighted by Gasteiger charge is 2.24. The van der Waals surface area contributed by atoms with Gasteiger partial charge in [0.25, 0.3) is 0 Å².